The summed E-state index contributed by atoms with van der Waals surface area (Å²) in [5.41, 5.74) is 2.07. The molecule has 0 amide bonds. The first-order valence-corrected chi connectivity index (χ1v) is 8.68. The number of hydrogen-bond acceptors (Lipinski definition) is 5. The zero-order chi connectivity index (χ0) is 17.8. The van der Waals surface area contributed by atoms with Crippen molar-refractivity contribution in [1.29, 1.82) is 0 Å². The van der Waals surface area contributed by atoms with Crippen molar-refractivity contribution in [2.24, 2.45) is 0 Å². The summed E-state index contributed by atoms with van der Waals surface area (Å²) < 4.78 is 0. The predicted molar refractivity (Wildman–Crippen MR) is 98.8 cm³/mol. The molecule has 6 nitrogen and oxygen atoms in total. The fraction of sp³-hybridized carbons (Fsp3) is 0.421. The maximum atomic E-state index is 11.0. The Labute approximate surface area is 148 Å². The molecule has 0 bridgehead atoms. The molecule has 1 aromatic heterocycles. The van der Waals surface area contributed by atoms with Crippen LogP contribution in [0, 0.1) is 17.0 Å². The third-order valence-corrected chi connectivity index (χ3v) is 4.74. The minimum Gasteiger partial charge on any atom is -0.353 e. The van der Waals surface area contributed by atoms with E-state index in [-0.39, 0.29) is 10.6 Å². The van der Waals surface area contributed by atoms with Crippen LogP contribution in [0.3, 0.4) is 0 Å². The lowest BCUT2D eigenvalue weighted by atomic mass is 10.2. The van der Waals surface area contributed by atoms with E-state index in [1.807, 2.05) is 12.1 Å². The molecule has 0 N–H and O–H groups in total. The Morgan fingerprint density at radius 3 is 2.72 bits per heavy atom. The van der Waals surface area contributed by atoms with Crippen LogP contribution in [0.4, 0.5) is 11.5 Å². The Kier molecular flexibility index (Phi) is 5.28. The third-order valence-electron chi connectivity index (χ3n) is 4.74. The van der Waals surface area contributed by atoms with Crippen molar-refractivity contribution in [2.45, 2.75) is 32.9 Å². The highest BCUT2D eigenvalue weighted by molar-refractivity contribution is 5.49. The van der Waals surface area contributed by atoms with E-state index < -0.39 is 0 Å². The molecule has 1 saturated heterocycles. The van der Waals surface area contributed by atoms with E-state index in [9.17, 15) is 10.1 Å². The Morgan fingerprint density at radius 2 is 2.04 bits per heavy atom. The van der Waals surface area contributed by atoms with Gasteiger partial charge in [0.05, 0.1) is 4.92 Å². The van der Waals surface area contributed by atoms with Crippen molar-refractivity contribution >= 4 is 11.5 Å². The molecule has 6 heteroatoms. The first kappa shape index (κ1) is 17.4. The molecule has 1 aromatic carbocycles. The molecule has 1 fully saturated rings. The molecule has 2 heterocycles. The largest absolute Gasteiger partial charge is 0.353 e. The molecule has 0 saturated carbocycles. The van der Waals surface area contributed by atoms with Gasteiger partial charge >= 0.3 is 0 Å². The molecule has 1 atom stereocenters. The summed E-state index contributed by atoms with van der Waals surface area (Å²) >= 11 is 0. The van der Waals surface area contributed by atoms with Gasteiger partial charge in [-0.25, -0.2) is 4.98 Å². The number of hydrogen-bond donors (Lipinski definition) is 0. The quantitative estimate of drug-likeness (QED) is 0.630. The van der Waals surface area contributed by atoms with E-state index >= 15 is 0 Å². The smallest absolute Gasteiger partial charge is 0.290 e. The van der Waals surface area contributed by atoms with E-state index in [0.29, 0.717) is 11.6 Å². The number of nitro groups is 1. The van der Waals surface area contributed by atoms with Gasteiger partial charge in [-0.05, 0) is 31.9 Å². The summed E-state index contributed by atoms with van der Waals surface area (Å²) in [5, 5.41) is 11.0. The van der Waals surface area contributed by atoms with Gasteiger partial charge in [0.15, 0.2) is 0 Å². The standard InChI is InChI=1S/C19H24N4O2/c1-15-11-19(20-12-18(15)23(24)25)22-10-6-9-21(13-16(22)2)14-17-7-4-3-5-8-17/h3-5,7-8,11-12,16H,6,9-10,13-14H2,1-2H3. The van der Waals surface area contributed by atoms with Gasteiger partial charge in [-0.3, -0.25) is 15.0 Å². The summed E-state index contributed by atoms with van der Waals surface area (Å²) in [7, 11) is 0. The average molecular weight is 340 g/mol. The molecule has 1 unspecified atom stereocenters. The number of rotatable bonds is 4. The normalized spacial score (nSPS) is 18.8. The summed E-state index contributed by atoms with van der Waals surface area (Å²) in [6.07, 6.45) is 2.43. The van der Waals surface area contributed by atoms with Crippen LogP contribution < -0.4 is 4.90 Å². The predicted octanol–water partition coefficient (Wildman–Crippen LogP) is 3.40. The number of aromatic nitrogens is 1. The van der Waals surface area contributed by atoms with Crippen LogP contribution in [0.1, 0.15) is 24.5 Å². The molecule has 132 valence electrons. The Balaban J connectivity index is 1.72. The van der Waals surface area contributed by atoms with E-state index in [2.05, 4.69) is 46.0 Å². The van der Waals surface area contributed by atoms with Crippen molar-refractivity contribution in [3.05, 3.63) is 63.8 Å². The van der Waals surface area contributed by atoms with Crippen LogP contribution in [0.2, 0.25) is 0 Å². The molecule has 2 aromatic rings. The van der Waals surface area contributed by atoms with Crippen LogP contribution in [-0.2, 0) is 6.54 Å². The van der Waals surface area contributed by atoms with Gasteiger partial charge in [0.25, 0.3) is 5.69 Å². The maximum Gasteiger partial charge on any atom is 0.290 e. The number of anilines is 1. The summed E-state index contributed by atoms with van der Waals surface area (Å²) in [6, 6.07) is 12.7. The molecule has 1 aliphatic rings. The summed E-state index contributed by atoms with van der Waals surface area (Å²) in [6.45, 7) is 7.83. The maximum absolute atomic E-state index is 11.0. The van der Waals surface area contributed by atoms with Gasteiger partial charge in [0.2, 0.25) is 0 Å². The van der Waals surface area contributed by atoms with Gasteiger partial charge in [-0.15, -0.1) is 0 Å². The van der Waals surface area contributed by atoms with Crippen molar-refractivity contribution in [1.82, 2.24) is 9.88 Å². The SMILES string of the molecule is Cc1cc(N2CCCN(Cc3ccccc3)CC2C)ncc1[N+](=O)[O-]. The molecule has 1 aliphatic heterocycles. The first-order valence-electron chi connectivity index (χ1n) is 8.68. The highest BCUT2D eigenvalue weighted by Gasteiger charge is 2.24. The van der Waals surface area contributed by atoms with Crippen molar-refractivity contribution in [2.75, 3.05) is 24.5 Å². The minimum atomic E-state index is -0.375. The second-order valence-electron chi connectivity index (χ2n) is 6.70. The second kappa shape index (κ2) is 7.61. The lowest BCUT2D eigenvalue weighted by Crippen LogP contribution is -2.39. The summed E-state index contributed by atoms with van der Waals surface area (Å²) in [5.74, 6) is 0.831. The fourth-order valence-corrected chi connectivity index (χ4v) is 3.46. The third kappa shape index (κ3) is 4.14. The molecular weight excluding hydrogens is 316 g/mol. The lowest BCUT2D eigenvalue weighted by Gasteiger charge is -2.30. The van der Waals surface area contributed by atoms with Crippen molar-refractivity contribution in [3.63, 3.8) is 0 Å². The molecule has 25 heavy (non-hydrogen) atoms. The Morgan fingerprint density at radius 1 is 1.28 bits per heavy atom. The first-order chi connectivity index (χ1) is 12.0. The fourth-order valence-electron chi connectivity index (χ4n) is 3.46. The topological polar surface area (TPSA) is 62.5 Å². The van der Waals surface area contributed by atoms with Crippen LogP contribution in [0.25, 0.3) is 0 Å². The van der Waals surface area contributed by atoms with Gasteiger partial charge in [0, 0.05) is 37.8 Å². The Hall–Kier alpha value is -2.47. The van der Waals surface area contributed by atoms with Crippen LogP contribution in [-0.4, -0.2) is 40.5 Å². The van der Waals surface area contributed by atoms with E-state index in [0.717, 1.165) is 38.4 Å². The average Bonchev–Trinajstić information content (AvgIpc) is 2.76. The molecule has 0 radical (unpaired) electrons. The number of aryl methyl sites for hydroxylation is 1. The minimum absolute atomic E-state index is 0.0805. The lowest BCUT2D eigenvalue weighted by molar-refractivity contribution is -0.385. The van der Waals surface area contributed by atoms with Gasteiger partial charge in [0.1, 0.15) is 12.0 Å². The number of benzene rings is 1. The van der Waals surface area contributed by atoms with Crippen LogP contribution in [0.5, 0.6) is 0 Å². The van der Waals surface area contributed by atoms with Gasteiger partial charge < -0.3 is 4.90 Å². The number of pyridine rings is 1. The highest BCUT2D eigenvalue weighted by Crippen LogP contribution is 2.24. The molecule has 3 rings (SSSR count). The van der Waals surface area contributed by atoms with E-state index in [1.54, 1.807) is 6.92 Å². The van der Waals surface area contributed by atoms with E-state index in [1.165, 1.54) is 11.8 Å². The van der Waals surface area contributed by atoms with Crippen LogP contribution >= 0.6 is 0 Å². The molecule has 0 aliphatic carbocycles. The van der Waals surface area contributed by atoms with Crippen molar-refractivity contribution in [3.8, 4) is 0 Å². The molecular formula is C19H24N4O2. The number of nitrogens with zero attached hydrogens (tertiary/aromatic N) is 4. The van der Waals surface area contributed by atoms with Gasteiger partial charge in [-0.2, -0.15) is 0 Å². The van der Waals surface area contributed by atoms with Crippen molar-refractivity contribution < 1.29 is 4.92 Å². The Bertz CT molecular complexity index is 735. The van der Waals surface area contributed by atoms with E-state index in [4.69, 9.17) is 0 Å². The van der Waals surface area contributed by atoms with Gasteiger partial charge in [-0.1, -0.05) is 30.3 Å². The zero-order valence-electron chi connectivity index (χ0n) is 14.8. The second-order valence-corrected chi connectivity index (χ2v) is 6.70. The van der Waals surface area contributed by atoms with Crippen LogP contribution in [0.15, 0.2) is 42.6 Å². The summed E-state index contributed by atoms with van der Waals surface area (Å²) in [4.78, 5) is 19.7. The zero-order valence-corrected chi connectivity index (χ0v) is 14.8. The molecule has 0 spiro atoms. The monoisotopic (exact) mass is 340 g/mol. The highest BCUT2D eigenvalue weighted by atomic mass is 16.6.